The zero-order valence-electron chi connectivity index (χ0n) is 7.49. The van der Waals surface area contributed by atoms with E-state index in [4.69, 9.17) is 0 Å². The van der Waals surface area contributed by atoms with Gasteiger partial charge in [-0.2, -0.15) is 0 Å². The molecule has 0 saturated carbocycles. The van der Waals surface area contributed by atoms with Crippen molar-refractivity contribution in [2.24, 2.45) is 0 Å². The third kappa shape index (κ3) is 1.71. The molecule has 14 heavy (non-hydrogen) atoms. The van der Waals surface area contributed by atoms with Gasteiger partial charge >= 0.3 is 0 Å². The number of imide groups is 1. The van der Waals surface area contributed by atoms with Gasteiger partial charge in [0, 0.05) is 6.08 Å². The summed E-state index contributed by atoms with van der Waals surface area (Å²) in [5.74, 6) is -0.601. The van der Waals surface area contributed by atoms with Gasteiger partial charge in [0.25, 0.3) is 5.91 Å². The van der Waals surface area contributed by atoms with Crippen LogP contribution in [0.3, 0.4) is 0 Å². The molecule has 3 nitrogen and oxygen atoms in total. The standard InChI is InChI=1S/C11H9NO2/c13-10-6-8-4-2-1-3-5-9(8)7-11(14)12-10/h1-6H,7H2,(H,12,13,14). The van der Waals surface area contributed by atoms with Gasteiger partial charge in [-0.3, -0.25) is 14.9 Å². The maximum atomic E-state index is 11.2. The molecule has 1 aliphatic carbocycles. The normalized spacial score (nSPS) is 20.3. The molecule has 0 radical (unpaired) electrons. The molecule has 0 spiro atoms. The smallest absolute Gasteiger partial charge is 0.251 e. The van der Waals surface area contributed by atoms with Crippen LogP contribution >= 0.6 is 0 Å². The fourth-order valence-electron chi connectivity index (χ4n) is 1.43. The molecule has 0 aromatic carbocycles. The van der Waals surface area contributed by atoms with Crippen LogP contribution in [0.5, 0.6) is 0 Å². The molecule has 0 unspecified atom stereocenters. The molecule has 2 rings (SSSR count). The second kappa shape index (κ2) is 3.46. The number of carbonyl (C=O) groups excluding carboxylic acids is 2. The maximum absolute atomic E-state index is 11.2. The van der Waals surface area contributed by atoms with E-state index in [1.165, 1.54) is 6.08 Å². The number of carbonyl (C=O) groups is 2. The summed E-state index contributed by atoms with van der Waals surface area (Å²) < 4.78 is 0. The van der Waals surface area contributed by atoms with E-state index < -0.39 is 0 Å². The fourth-order valence-corrected chi connectivity index (χ4v) is 1.43. The highest BCUT2D eigenvalue weighted by molar-refractivity contribution is 6.04. The van der Waals surface area contributed by atoms with Crippen LogP contribution in [0.15, 0.2) is 47.6 Å². The van der Waals surface area contributed by atoms with Crippen LogP contribution in [0, 0.1) is 0 Å². The monoisotopic (exact) mass is 187 g/mol. The molecule has 2 amide bonds. The molecule has 0 bridgehead atoms. The Morgan fingerprint density at radius 2 is 2.00 bits per heavy atom. The third-order valence-electron chi connectivity index (χ3n) is 2.07. The molecular formula is C11H9NO2. The predicted molar refractivity (Wildman–Crippen MR) is 52.2 cm³/mol. The van der Waals surface area contributed by atoms with Gasteiger partial charge in [-0.15, -0.1) is 0 Å². The van der Waals surface area contributed by atoms with Gasteiger partial charge in [0.05, 0.1) is 6.42 Å². The van der Waals surface area contributed by atoms with Gasteiger partial charge in [-0.25, -0.2) is 0 Å². The topological polar surface area (TPSA) is 46.2 Å². The summed E-state index contributed by atoms with van der Waals surface area (Å²) in [6, 6.07) is 0. The zero-order valence-corrected chi connectivity index (χ0v) is 7.49. The van der Waals surface area contributed by atoms with Crippen molar-refractivity contribution < 1.29 is 9.59 Å². The Hall–Kier alpha value is -1.90. The average molecular weight is 187 g/mol. The molecule has 1 N–H and O–H groups in total. The van der Waals surface area contributed by atoms with Crippen LogP contribution < -0.4 is 5.32 Å². The van der Waals surface area contributed by atoms with Crippen molar-refractivity contribution in [3.63, 3.8) is 0 Å². The van der Waals surface area contributed by atoms with Gasteiger partial charge in [0.1, 0.15) is 0 Å². The fraction of sp³-hybridized carbons (Fsp3) is 0.0909. The van der Waals surface area contributed by atoms with Crippen molar-refractivity contribution in [3.8, 4) is 0 Å². The van der Waals surface area contributed by atoms with Crippen molar-refractivity contribution in [3.05, 3.63) is 47.6 Å². The molecule has 70 valence electrons. The summed E-state index contributed by atoms with van der Waals surface area (Å²) in [7, 11) is 0. The quantitative estimate of drug-likeness (QED) is 0.575. The van der Waals surface area contributed by atoms with E-state index in [9.17, 15) is 9.59 Å². The average Bonchev–Trinajstić information content (AvgIpc) is 2.36. The highest BCUT2D eigenvalue weighted by Gasteiger charge is 2.16. The number of nitrogens with one attached hydrogen (secondary N) is 1. The van der Waals surface area contributed by atoms with E-state index in [2.05, 4.69) is 5.32 Å². The Morgan fingerprint density at radius 3 is 2.86 bits per heavy atom. The summed E-state index contributed by atoms with van der Waals surface area (Å²) in [6.45, 7) is 0. The minimum Gasteiger partial charge on any atom is -0.293 e. The van der Waals surface area contributed by atoms with Gasteiger partial charge in [0.2, 0.25) is 5.91 Å². The maximum Gasteiger partial charge on any atom is 0.251 e. The Kier molecular flexibility index (Phi) is 2.14. The van der Waals surface area contributed by atoms with Crippen molar-refractivity contribution in [2.45, 2.75) is 6.42 Å². The Labute approximate surface area is 81.5 Å². The molecule has 1 aliphatic heterocycles. The Morgan fingerprint density at radius 1 is 1.14 bits per heavy atom. The molecule has 3 heteroatoms. The summed E-state index contributed by atoms with van der Waals surface area (Å²) in [5.41, 5.74) is 1.68. The van der Waals surface area contributed by atoms with Crippen molar-refractivity contribution in [2.75, 3.05) is 0 Å². The molecule has 0 saturated heterocycles. The van der Waals surface area contributed by atoms with Crippen molar-refractivity contribution in [1.82, 2.24) is 5.32 Å². The lowest BCUT2D eigenvalue weighted by atomic mass is 10.0. The predicted octanol–water partition coefficient (Wildman–Crippen LogP) is 1.01. The highest BCUT2D eigenvalue weighted by Crippen LogP contribution is 2.19. The third-order valence-corrected chi connectivity index (χ3v) is 2.07. The lowest BCUT2D eigenvalue weighted by Gasteiger charge is -2.00. The molecule has 2 aliphatic rings. The second-order valence-corrected chi connectivity index (χ2v) is 3.12. The largest absolute Gasteiger partial charge is 0.293 e. The van der Waals surface area contributed by atoms with Crippen LogP contribution in [0.4, 0.5) is 0 Å². The summed E-state index contributed by atoms with van der Waals surface area (Å²) >= 11 is 0. The number of rotatable bonds is 0. The number of hydrogen-bond donors (Lipinski definition) is 1. The van der Waals surface area contributed by atoms with Gasteiger partial charge < -0.3 is 0 Å². The molecule has 1 heterocycles. The van der Waals surface area contributed by atoms with E-state index >= 15 is 0 Å². The van der Waals surface area contributed by atoms with Crippen LogP contribution in [-0.2, 0) is 9.59 Å². The van der Waals surface area contributed by atoms with E-state index in [1.807, 2.05) is 30.4 Å². The van der Waals surface area contributed by atoms with E-state index in [0.29, 0.717) is 0 Å². The van der Waals surface area contributed by atoms with Gasteiger partial charge in [0.15, 0.2) is 0 Å². The van der Waals surface area contributed by atoms with Crippen LogP contribution in [0.1, 0.15) is 6.42 Å². The van der Waals surface area contributed by atoms with Crippen molar-refractivity contribution >= 4 is 11.8 Å². The number of amides is 2. The number of allylic oxidation sites excluding steroid dienone is 6. The van der Waals surface area contributed by atoms with Crippen LogP contribution in [0.25, 0.3) is 0 Å². The second-order valence-electron chi connectivity index (χ2n) is 3.12. The van der Waals surface area contributed by atoms with Crippen LogP contribution in [0.2, 0.25) is 0 Å². The first-order chi connectivity index (χ1) is 6.75. The lowest BCUT2D eigenvalue weighted by Crippen LogP contribution is -2.26. The van der Waals surface area contributed by atoms with Gasteiger partial charge in [-0.05, 0) is 11.1 Å². The zero-order chi connectivity index (χ0) is 9.97. The molecule has 0 aromatic heterocycles. The lowest BCUT2D eigenvalue weighted by molar-refractivity contribution is -0.127. The Bertz CT molecular complexity index is 411. The van der Waals surface area contributed by atoms with Crippen LogP contribution in [-0.4, -0.2) is 11.8 Å². The molecule has 0 aromatic rings. The first kappa shape index (κ1) is 8.69. The van der Waals surface area contributed by atoms with E-state index in [1.54, 1.807) is 0 Å². The van der Waals surface area contributed by atoms with Gasteiger partial charge in [-0.1, -0.05) is 30.4 Å². The Balaban J connectivity index is 2.45. The molecular weight excluding hydrogens is 178 g/mol. The summed E-state index contributed by atoms with van der Waals surface area (Å²) in [4.78, 5) is 22.4. The minimum atomic E-state index is -0.347. The van der Waals surface area contributed by atoms with E-state index in [-0.39, 0.29) is 18.2 Å². The van der Waals surface area contributed by atoms with Crippen molar-refractivity contribution in [1.29, 1.82) is 0 Å². The highest BCUT2D eigenvalue weighted by atomic mass is 16.2. The number of fused-ring (bicyclic) bond motifs is 1. The summed E-state index contributed by atoms with van der Waals surface area (Å²) in [5, 5.41) is 2.27. The SMILES string of the molecule is O=C1C=C2C=CC=CC=C2CC(=O)N1. The van der Waals surface area contributed by atoms with E-state index in [0.717, 1.165) is 11.1 Å². The number of hydrogen-bond acceptors (Lipinski definition) is 2. The summed E-state index contributed by atoms with van der Waals surface area (Å²) in [6.07, 6.45) is 10.9. The molecule has 0 atom stereocenters. The minimum absolute atomic E-state index is 0.254. The first-order valence-corrected chi connectivity index (χ1v) is 4.35. The molecule has 0 fully saturated rings. The first-order valence-electron chi connectivity index (χ1n) is 4.35.